The van der Waals surface area contributed by atoms with Crippen molar-refractivity contribution in [3.63, 3.8) is 0 Å². The number of carboxylic acid groups (broad SMARTS) is 3. The number of carbonyl (C=O) groups excluding carboxylic acids is 4. The summed E-state index contributed by atoms with van der Waals surface area (Å²) < 4.78 is 0. The summed E-state index contributed by atoms with van der Waals surface area (Å²) >= 11 is 0. The molecule has 0 aromatic heterocycles. The van der Waals surface area contributed by atoms with Crippen LogP contribution >= 0.6 is 0 Å². The summed E-state index contributed by atoms with van der Waals surface area (Å²) in [6, 6.07) is 6.10. The lowest BCUT2D eigenvalue weighted by Crippen LogP contribution is -2.48. The van der Waals surface area contributed by atoms with Crippen LogP contribution in [0.3, 0.4) is 0 Å². The summed E-state index contributed by atoms with van der Waals surface area (Å²) in [4.78, 5) is 87.5. The van der Waals surface area contributed by atoms with Crippen LogP contribution in [0.1, 0.15) is 50.7 Å². The molecule has 0 saturated carbocycles. The van der Waals surface area contributed by atoms with Crippen molar-refractivity contribution in [1.29, 1.82) is 0 Å². The highest BCUT2D eigenvalue weighted by Gasteiger charge is 2.23. The Balaban J connectivity index is 0.00000589. The number of carboxylic acids is 3. The van der Waals surface area contributed by atoms with Crippen LogP contribution in [0.5, 0.6) is 0 Å². The van der Waals surface area contributed by atoms with Gasteiger partial charge in [0.05, 0.1) is 19.5 Å². The molecule has 8 N–H and O–H groups in total. The Morgan fingerprint density at radius 3 is 1.65 bits per heavy atom. The van der Waals surface area contributed by atoms with Crippen molar-refractivity contribution in [2.75, 3.05) is 65.4 Å². The van der Waals surface area contributed by atoms with Gasteiger partial charge in [0.15, 0.2) is 0 Å². The summed E-state index contributed by atoms with van der Waals surface area (Å²) in [5.41, 5.74) is 6.60. The van der Waals surface area contributed by atoms with Crippen LogP contribution in [0.4, 0.5) is 0 Å². The molecule has 17 heteroatoms. The van der Waals surface area contributed by atoms with Gasteiger partial charge in [-0.25, -0.2) is 0 Å². The molecule has 1 aromatic rings. The molecule has 1 heterocycles. The predicted molar refractivity (Wildman–Crippen MR) is 178 cm³/mol. The van der Waals surface area contributed by atoms with E-state index in [9.17, 15) is 43.8 Å². The molecular weight excluding hydrogens is 642 g/mol. The molecule has 0 unspecified atom stereocenters. The Bertz CT molecular complexity index is 1220. The molecule has 0 aliphatic carbocycles. The molecule has 49 heavy (non-hydrogen) atoms. The minimum atomic E-state index is -1.14. The molecule has 1 aromatic carbocycles. The number of primary amides is 1. The monoisotopic (exact) mass is 693 g/mol. The van der Waals surface area contributed by atoms with E-state index in [0.29, 0.717) is 51.4 Å². The van der Waals surface area contributed by atoms with Crippen molar-refractivity contribution >= 4 is 41.5 Å². The first-order valence-corrected chi connectivity index (χ1v) is 16.3. The number of nitrogens with one attached hydrogen (secondary N) is 3. The minimum Gasteiger partial charge on any atom is -0.481 e. The zero-order valence-electron chi connectivity index (χ0n) is 28.3. The molecule has 1 fully saturated rings. The van der Waals surface area contributed by atoms with Gasteiger partial charge in [-0.15, -0.1) is 0 Å². The molecular formula is C32H51N7O10. The van der Waals surface area contributed by atoms with Crippen LogP contribution in [0.25, 0.3) is 0 Å². The van der Waals surface area contributed by atoms with Crippen molar-refractivity contribution in [2.45, 2.75) is 58.5 Å². The van der Waals surface area contributed by atoms with Gasteiger partial charge in [-0.3, -0.25) is 48.3 Å². The first-order chi connectivity index (χ1) is 23.3. The normalized spacial score (nSPS) is 14.8. The third-order valence-electron chi connectivity index (χ3n) is 7.35. The summed E-state index contributed by atoms with van der Waals surface area (Å²) in [6.45, 7) is 7.32. The topological polar surface area (TPSA) is 252 Å². The van der Waals surface area contributed by atoms with Crippen molar-refractivity contribution < 1.29 is 48.9 Å². The summed E-state index contributed by atoms with van der Waals surface area (Å²) in [6.07, 6.45) is -0.696. The number of nitrogens with two attached hydrogens (primary N) is 1. The standard InChI is InChI=1S/C30H45N7O10.C2H6/c31-24(38)7-9-32-25(39)8-10-33-30(47)23(5-6-27(41)42)34-26(40)17-21-1-3-22(4-2-21)18-35-11-13-36(19-28(43)44)15-16-37(14-12-35)20-29(45)46;1-2/h1-4,23H,5-20H2,(H2,31,38)(H,32,39)(H,33,47)(H,34,40)(H,41,42)(H,43,44)(H,45,46);1-2H3/t23-;/m1./s1. The van der Waals surface area contributed by atoms with E-state index in [2.05, 4.69) is 20.9 Å². The number of nitrogens with zero attached hydrogens (tertiary/aromatic N) is 3. The zero-order valence-corrected chi connectivity index (χ0v) is 28.3. The summed E-state index contributed by atoms with van der Waals surface area (Å²) in [5, 5.41) is 35.2. The highest BCUT2D eigenvalue weighted by molar-refractivity contribution is 5.89. The number of hydrogen-bond donors (Lipinski definition) is 7. The van der Waals surface area contributed by atoms with Gasteiger partial charge >= 0.3 is 17.9 Å². The Hall–Kier alpha value is -4.61. The molecule has 1 atom stereocenters. The van der Waals surface area contributed by atoms with Crippen LogP contribution in [0, 0.1) is 0 Å². The van der Waals surface area contributed by atoms with Gasteiger partial charge in [0.1, 0.15) is 6.04 Å². The molecule has 1 aliphatic rings. The smallest absolute Gasteiger partial charge is 0.317 e. The van der Waals surface area contributed by atoms with Crippen molar-refractivity contribution in [1.82, 2.24) is 30.7 Å². The molecule has 0 spiro atoms. The lowest BCUT2D eigenvalue weighted by molar-refractivity contribution is -0.140. The number of amides is 4. The second-order valence-corrected chi connectivity index (χ2v) is 11.3. The first-order valence-electron chi connectivity index (χ1n) is 16.3. The maximum absolute atomic E-state index is 12.8. The maximum Gasteiger partial charge on any atom is 0.317 e. The maximum atomic E-state index is 12.8. The van der Waals surface area contributed by atoms with Gasteiger partial charge in [-0.2, -0.15) is 0 Å². The number of carbonyl (C=O) groups is 7. The number of aliphatic carboxylic acids is 3. The van der Waals surface area contributed by atoms with Gasteiger partial charge in [0, 0.05) is 78.2 Å². The number of benzene rings is 1. The van der Waals surface area contributed by atoms with E-state index in [1.54, 1.807) is 21.9 Å². The van der Waals surface area contributed by atoms with E-state index in [1.165, 1.54) is 0 Å². The van der Waals surface area contributed by atoms with E-state index < -0.39 is 47.6 Å². The Morgan fingerprint density at radius 1 is 0.673 bits per heavy atom. The van der Waals surface area contributed by atoms with Crippen LogP contribution in [0.15, 0.2) is 24.3 Å². The van der Waals surface area contributed by atoms with Crippen LogP contribution < -0.4 is 21.7 Å². The summed E-state index contributed by atoms with van der Waals surface area (Å²) in [5.74, 6) is -5.14. The Labute approximate surface area is 286 Å². The fourth-order valence-corrected chi connectivity index (χ4v) is 4.86. The molecule has 17 nitrogen and oxygen atoms in total. The van der Waals surface area contributed by atoms with Crippen LogP contribution in [-0.2, 0) is 46.5 Å². The Morgan fingerprint density at radius 2 is 1.16 bits per heavy atom. The first kappa shape index (κ1) is 42.4. The van der Waals surface area contributed by atoms with Crippen molar-refractivity contribution in [2.24, 2.45) is 5.73 Å². The van der Waals surface area contributed by atoms with Crippen molar-refractivity contribution in [3.8, 4) is 0 Å². The van der Waals surface area contributed by atoms with Gasteiger partial charge in [-0.05, 0) is 17.5 Å². The van der Waals surface area contributed by atoms with Gasteiger partial charge in [0.2, 0.25) is 23.6 Å². The molecule has 0 radical (unpaired) electrons. The zero-order chi connectivity index (χ0) is 36.8. The lowest BCUT2D eigenvalue weighted by atomic mass is 10.1. The molecule has 2 rings (SSSR count). The minimum absolute atomic E-state index is 0.0212. The summed E-state index contributed by atoms with van der Waals surface area (Å²) in [7, 11) is 0. The van der Waals surface area contributed by atoms with Gasteiger partial charge in [-0.1, -0.05) is 38.1 Å². The molecule has 0 bridgehead atoms. The quantitative estimate of drug-likeness (QED) is 0.0890. The van der Waals surface area contributed by atoms with Gasteiger partial charge in [0.25, 0.3) is 0 Å². The fraction of sp³-hybridized carbons (Fsp3) is 0.594. The van der Waals surface area contributed by atoms with Crippen LogP contribution in [0.2, 0.25) is 0 Å². The Kier molecular flexibility index (Phi) is 20.5. The lowest BCUT2D eigenvalue weighted by Gasteiger charge is -2.25. The second kappa shape index (κ2) is 23.7. The second-order valence-electron chi connectivity index (χ2n) is 11.3. The molecule has 1 aliphatic heterocycles. The average molecular weight is 694 g/mol. The van der Waals surface area contributed by atoms with E-state index in [1.807, 2.05) is 26.0 Å². The third kappa shape index (κ3) is 19.7. The van der Waals surface area contributed by atoms with E-state index in [0.717, 1.165) is 5.56 Å². The highest BCUT2D eigenvalue weighted by Crippen LogP contribution is 2.11. The van der Waals surface area contributed by atoms with E-state index in [4.69, 9.17) is 10.8 Å². The molecule has 1 saturated heterocycles. The average Bonchev–Trinajstić information content (AvgIpc) is 3.11. The van der Waals surface area contributed by atoms with Crippen molar-refractivity contribution in [3.05, 3.63) is 35.4 Å². The number of hydrogen-bond acceptors (Lipinski definition) is 10. The molecule has 274 valence electrons. The predicted octanol–water partition coefficient (Wildman–Crippen LogP) is -1.31. The fourth-order valence-electron chi connectivity index (χ4n) is 4.86. The van der Waals surface area contributed by atoms with Crippen LogP contribution in [-0.4, -0.2) is 143 Å². The van der Waals surface area contributed by atoms with Gasteiger partial charge < -0.3 is 37.0 Å². The van der Waals surface area contributed by atoms with E-state index in [-0.39, 0.29) is 58.3 Å². The van der Waals surface area contributed by atoms with E-state index >= 15 is 0 Å². The molecule has 4 amide bonds. The highest BCUT2D eigenvalue weighted by atomic mass is 16.4. The third-order valence-corrected chi connectivity index (χ3v) is 7.35. The SMILES string of the molecule is CC.NC(=O)CCNC(=O)CCNC(=O)[C@@H](CCC(=O)O)NC(=O)Cc1ccc(CN2CCN(CC(=O)O)CCN(CC(=O)O)CC2)cc1. The number of rotatable bonds is 19. The largest absolute Gasteiger partial charge is 0.481 e.